The molecule has 4 rings (SSSR count). The third-order valence-corrected chi connectivity index (χ3v) is 7.69. The van der Waals surface area contributed by atoms with Crippen LogP contribution in [0.4, 0.5) is 10.1 Å². The summed E-state index contributed by atoms with van der Waals surface area (Å²) in [7, 11) is 0. The van der Waals surface area contributed by atoms with Gasteiger partial charge in [0.15, 0.2) is 5.17 Å². The van der Waals surface area contributed by atoms with Gasteiger partial charge >= 0.3 is 0 Å². The Morgan fingerprint density at radius 2 is 1.83 bits per heavy atom. The Labute approximate surface area is 234 Å². The fraction of sp³-hybridized carbons (Fsp3) is 0.115. The molecule has 1 saturated heterocycles. The zero-order chi connectivity index (χ0) is 24.9. The number of amides is 1. The van der Waals surface area contributed by atoms with E-state index in [1.54, 1.807) is 23.1 Å². The summed E-state index contributed by atoms with van der Waals surface area (Å²) in [5, 5.41) is 9.86. The predicted octanol–water partition coefficient (Wildman–Crippen LogP) is 7.11. The number of aliphatic imine (C=N–C) groups is 1. The lowest BCUT2D eigenvalue weighted by Crippen LogP contribution is -2.28. The van der Waals surface area contributed by atoms with Crippen molar-refractivity contribution in [3.63, 3.8) is 0 Å². The van der Waals surface area contributed by atoms with Gasteiger partial charge in [0.1, 0.15) is 18.2 Å². The van der Waals surface area contributed by atoms with E-state index < -0.39 is 0 Å². The highest BCUT2D eigenvalue weighted by atomic mass is 127. The van der Waals surface area contributed by atoms with E-state index in [9.17, 15) is 14.4 Å². The second-order valence-electron chi connectivity index (χ2n) is 7.40. The molecule has 1 heterocycles. The van der Waals surface area contributed by atoms with E-state index in [2.05, 4.69) is 56.2 Å². The quantitative estimate of drug-likeness (QED) is 0.202. The van der Waals surface area contributed by atoms with Crippen molar-refractivity contribution in [1.29, 1.82) is 5.26 Å². The number of nitrogens with zero attached hydrogens (tertiary/aromatic N) is 3. The van der Waals surface area contributed by atoms with Crippen LogP contribution in [0.3, 0.4) is 0 Å². The van der Waals surface area contributed by atoms with E-state index in [0.717, 1.165) is 24.0 Å². The van der Waals surface area contributed by atoms with Crippen LogP contribution in [0.15, 0.2) is 70.6 Å². The average molecular weight is 709 g/mol. The number of nitriles is 1. The number of amidine groups is 1. The third kappa shape index (κ3) is 6.05. The summed E-state index contributed by atoms with van der Waals surface area (Å²) in [6, 6.07) is 19.3. The minimum absolute atomic E-state index is 0.114. The Bertz CT molecular complexity index is 1360. The van der Waals surface area contributed by atoms with Gasteiger partial charge in [0.05, 0.1) is 29.4 Å². The van der Waals surface area contributed by atoms with E-state index in [4.69, 9.17) is 4.74 Å². The van der Waals surface area contributed by atoms with Crippen molar-refractivity contribution in [2.75, 3.05) is 6.54 Å². The molecule has 0 saturated carbocycles. The van der Waals surface area contributed by atoms with E-state index in [1.165, 1.54) is 23.9 Å². The Hall–Kier alpha value is -2.43. The second-order valence-corrected chi connectivity index (χ2v) is 10.7. The molecule has 176 valence electrons. The Morgan fingerprint density at radius 1 is 1.14 bits per heavy atom. The van der Waals surface area contributed by atoms with Crippen molar-refractivity contribution in [3.8, 4) is 11.8 Å². The van der Waals surface area contributed by atoms with Crippen molar-refractivity contribution in [2.45, 2.75) is 13.5 Å². The maximum absolute atomic E-state index is 13.2. The maximum Gasteiger partial charge on any atom is 0.266 e. The van der Waals surface area contributed by atoms with Crippen LogP contribution in [-0.2, 0) is 11.4 Å². The zero-order valence-corrected chi connectivity index (χ0v) is 23.6. The number of halogens is 3. The van der Waals surface area contributed by atoms with Crippen LogP contribution in [0.25, 0.3) is 6.08 Å². The van der Waals surface area contributed by atoms with Crippen LogP contribution >= 0.6 is 56.9 Å². The van der Waals surface area contributed by atoms with Gasteiger partial charge in [0, 0.05) is 12.1 Å². The lowest BCUT2D eigenvalue weighted by Gasteiger charge is -2.13. The Morgan fingerprint density at radius 3 is 2.49 bits per heavy atom. The number of rotatable bonds is 6. The molecule has 5 nitrogen and oxygen atoms in total. The Kier molecular flexibility index (Phi) is 8.46. The summed E-state index contributed by atoms with van der Waals surface area (Å²) in [4.78, 5) is 19.7. The molecule has 3 aromatic carbocycles. The lowest BCUT2D eigenvalue weighted by molar-refractivity contribution is -0.122. The molecule has 0 atom stereocenters. The van der Waals surface area contributed by atoms with Crippen molar-refractivity contribution in [3.05, 3.63) is 95.2 Å². The molecule has 0 radical (unpaired) electrons. The molecular weight excluding hydrogens is 691 g/mol. The highest BCUT2D eigenvalue weighted by molar-refractivity contribution is 14.1. The smallest absolute Gasteiger partial charge is 0.266 e. The van der Waals surface area contributed by atoms with Crippen molar-refractivity contribution in [2.24, 2.45) is 4.99 Å². The molecule has 3 aromatic rings. The molecular formula is C26H18FI2N3O2S. The number of carbonyl (C=O) groups is 1. The van der Waals surface area contributed by atoms with E-state index >= 15 is 0 Å². The van der Waals surface area contributed by atoms with Crippen LogP contribution in [-0.4, -0.2) is 22.5 Å². The number of hydrogen-bond acceptors (Lipinski definition) is 5. The van der Waals surface area contributed by atoms with Crippen LogP contribution in [0.1, 0.15) is 23.6 Å². The molecule has 0 unspecified atom stereocenters. The maximum atomic E-state index is 13.2. The molecule has 0 aliphatic carbocycles. The molecule has 35 heavy (non-hydrogen) atoms. The number of ether oxygens (including phenoxy) is 1. The molecule has 1 aliphatic heterocycles. The third-order valence-electron chi connectivity index (χ3n) is 5.08. The minimum atomic E-state index is -0.331. The van der Waals surface area contributed by atoms with Gasteiger partial charge in [-0.05, 0) is 118 Å². The van der Waals surface area contributed by atoms with E-state index in [-0.39, 0.29) is 11.7 Å². The number of thioether (sulfide) groups is 1. The van der Waals surface area contributed by atoms with Gasteiger partial charge in [-0.15, -0.1) is 0 Å². The summed E-state index contributed by atoms with van der Waals surface area (Å²) < 4.78 is 21.1. The monoisotopic (exact) mass is 709 g/mol. The van der Waals surface area contributed by atoms with Crippen molar-refractivity contribution in [1.82, 2.24) is 4.90 Å². The first-order valence-electron chi connectivity index (χ1n) is 10.5. The first-order chi connectivity index (χ1) is 16.9. The Balaban J connectivity index is 1.56. The molecule has 0 N–H and O–H groups in total. The summed E-state index contributed by atoms with van der Waals surface area (Å²) >= 11 is 5.73. The normalized spacial score (nSPS) is 15.6. The highest BCUT2D eigenvalue weighted by Gasteiger charge is 2.32. The molecule has 1 fully saturated rings. The largest absolute Gasteiger partial charge is 0.487 e. The van der Waals surface area contributed by atoms with Gasteiger partial charge in [-0.1, -0.05) is 18.2 Å². The summed E-state index contributed by atoms with van der Waals surface area (Å²) in [5.41, 5.74) is 2.88. The van der Waals surface area contributed by atoms with E-state index in [1.807, 2.05) is 43.3 Å². The predicted molar refractivity (Wildman–Crippen MR) is 154 cm³/mol. The average Bonchev–Trinajstić information content (AvgIpc) is 3.13. The zero-order valence-electron chi connectivity index (χ0n) is 18.5. The molecule has 0 bridgehead atoms. The van der Waals surface area contributed by atoms with Crippen LogP contribution in [0, 0.1) is 24.3 Å². The molecule has 9 heteroatoms. The summed E-state index contributed by atoms with van der Waals surface area (Å²) in [6.45, 7) is 2.67. The van der Waals surface area contributed by atoms with E-state index in [0.29, 0.717) is 34.5 Å². The minimum Gasteiger partial charge on any atom is -0.487 e. The molecule has 1 aliphatic rings. The van der Waals surface area contributed by atoms with Crippen LogP contribution < -0.4 is 4.74 Å². The first kappa shape index (κ1) is 25.7. The van der Waals surface area contributed by atoms with Crippen molar-refractivity contribution >= 4 is 79.8 Å². The van der Waals surface area contributed by atoms with Gasteiger partial charge in [0.25, 0.3) is 5.91 Å². The number of carbonyl (C=O) groups excluding carboxylic acids is 1. The lowest BCUT2D eigenvalue weighted by atomic mass is 10.1. The second kappa shape index (κ2) is 11.5. The van der Waals surface area contributed by atoms with Gasteiger partial charge in [-0.2, -0.15) is 5.26 Å². The van der Waals surface area contributed by atoms with Crippen LogP contribution in [0.2, 0.25) is 0 Å². The number of hydrogen-bond donors (Lipinski definition) is 0. The molecule has 0 spiro atoms. The van der Waals surface area contributed by atoms with Gasteiger partial charge in [-0.25, -0.2) is 9.38 Å². The molecule has 1 amide bonds. The summed E-state index contributed by atoms with van der Waals surface area (Å²) in [6.07, 6.45) is 1.85. The fourth-order valence-corrected chi connectivity index (χ4v) is 6.54. The number of benzene rings is 3. The van der Waals surface area contributed by atoms with Crippen molar-refractivity contribution < 1.29 is 13.9 Å². The SMILES string of the molecule is CCN1C(=O)/C(=C\c2cc(I)c(OCc3ccccc3C#N)c(I)c2)SC1=Nc1ccc(F)cc1. The fourth-order valence-electron chi connectivity index (χ4n) is 3.35. The van der Waals surface area contributed by atoms with Gasteiger partial charge in [0.2, 0.25) is 0 Å². The number of likely N-dealkylation sites (N-methyl/N-ethyl adjacent to an activating group) is 1. The van der Waals surface area contributed by atoms with Crippen LogP contribution in [0.5, 0.6) is 5.75 Å². The van der Waals surface area contributed by atoms with Gasteiger partial charge in [-0.3, -0.25) is 9.69 Å². The standard InChI is InChI=1S/C26H18FI2N3O2S/c1-2-32-25(33)23(35-26(32)31-20-9-7-19(27)8-10-20)13-16-11-21(28)24(22(29)12-16)34-15-18-6-4-3-5-17(18)14-30/h3-13H,2,15H2,1H3/b23-13+,31-26?. The first-order valence-corrected chi connectivity index (χ1v) is 13.5. The summed E-state index contributed by atoms with van der Waals surface area (Å²) in [5.74, 6) is 0.292. The highest BCUT2D eigenvalue weighted by Crippen LogP contribution is 2.36. The molecule has 0 aromatic heterocycles. The van der Waals surface area contributed by atoms with Gasteiger partial charge < -0.3 is 4.74 Å². The topological polar surface area (TPSA) is 65.7 Å².